The first-order chi connectivity index (χ1) is 7.25. The Labute approximate surface area is 103 Å². The molecule has 1 unspecified atom stereocenters. The van der Waals surface area contributed by atoms with Crippen molar-refractivity contribution in [3.05, 3.63) is 27.7 Å². The Kier molecular flexibility index (Phi) is 3.89. The van der Waals surface area contributed by atoms with Crippen molar-refractivity contribution < 1.29 is 4.74 Å². The maximum atomic E-state index is 6.02. The zero-order valence-corrected chi connectivity index (χ0v) is 10.6. The third-order valence-corrected chi connectivity index (χ3v) is 3.30. The molecule has 0 spiro atoms. The fourth-order valence-corrected chi connectivity index (χ4v) is 2.19. The van der Waals surface area contributed by atoms with Crippen molar-refractivity contribution in [3.8, 4) is 5.75 Å². The lowest BCUT2D eigenvalue weighted by molar-refractivity contribution is 0.277. The lowest BCUT2D eigenvalue weighted by atomic mass is 10.2. The number of rotatable bonds is 3. The van der Waals surface area contributed by atoms with Gasteiger partial charge in [0.25, 0.3) is 0 Å². The molecule has 0 amide bonds. The molecule has 0 aliphatic carbocycles. The van der Waals surface area contributed by atoms with Gasteiger partial charge in [-0.15, -0.1) is 0 Å². The quantitative estimate of drug-likeness (QED) is 0.923. The molecule has 0 radical (unpaired) electrons. The summed E-state index contributed by atoms with van der Waals surface area (Å²) in [6.45, 7) is 1.79. The van der Waals surface area contributed by atoms with Crippen LogP contribution in [0.2, 0.25) is 5.02 Å². The summed E-state index contributed by atoms with van der Waals surface area (Å²) in [7, 11) is 0. The molecule has 1 fully saturated rings. The summed E-state index contributed by atoms with van der Waals surface area (Å²) in [6, 6.07) is 6.11. The van der Waals surface area contributed by atoms with Crippen molar-refractivity contribution in [1.29, 1.82) is 0 Å². The highest BCUT2D eigenvalue weighted by Crippen LogP contribution is 2.28. The van der Waals surface area contributed by atoms with Gasteiger partial charge in [-0.05, 0) is 37.6 Å². The first-order valence-corrected chi connectivity index (χ1v) is 6.24. The molecule has 2 nitrogen and oxygen atoms in total. The highest BCUT2D eigenvalue weighted by molar-refractivity contribution is 9.10. The van der Waals surface area contributed by atoms with E-state index < -0.39 is 0 Å². The molecule has 0 bridgehead atoms. The SMILES string of the molecule is Clc1ccc(Br)cc1OCC1CCCN1. The van der Waals surface area contributed by atoms with Crippen molar-refractivity contribution in [2.75, 3.05) is 13.2 Å². The fourth-order valence-electron chi connectivity index (χ4n) is 1.68. The van der Waals surface area contributed by atoms with Gasteiger partial charge in [0.2, 0.25) is 0 Å². The zero-order chi connectivity index (χ0) is 10.7. The van der Waals surface area contributed by atoms with Crippen LogP contribution in [0.25, 0.3) is 0 Å². The topological polar surface area (TPSA) is 21.3 Å². The second-order valence-corrected chi connectivity index (χ2v) is 5.00. The van der Waals surface area contributed by atoms with Gasteiger partial charge in [0.05, 0.1) is 5.02 Å². The number of hydrogen-bond donors (Lipinski definition) is 1. The van der Waals surface area contributed by atoms with Crippen molar-refractivity contribution in [2.45, 2.75) is 18.9 Å². The summed E-state index contributed by atoms with van der Waals surface area (Å²) in [4.78, 5) is 0. The van der Waals surface area contributed by atoms with Crippen LogP contribution in [0.15, 0.2) is 22.7 Å². The maximum Gasteiger partial charge on any atom is 0.139 e. The summed E-state index contributed by atoms with van der Waals surface area (Å²) < 4.78 is 6.66. The molecule has 0 saturated carbocycles. The van der Waals surface area contributed by atoms with Crippen molar-refractivity contribution in [3.63, 3.8) is 0 Å². The minimum atomic E-state index is 0.472. The molecular weight excluding hydrogens is 277 g/mol. The maximum absolute atomic E-state index is 6.02. The Morgan fingerprint density at radius 1 is 1.53 bits per heavy atom. The van der Waals surface area contributed by atoms with Gasteiger partial charge < -0.3 is 10.1 Å². The lowest BCUT2D eigenvalue weighted by Gasteiger charge is -2.13. The van der Waals surface area contributed by atoms with E-state index in [1.165, 1.54) is 12.8 Å². The monoisotopic (exact) mass is 289 g/mol. The van der Waals surface area contributed by atoms with E-state index in [1.54, 1.807) is 0 Å². The second-order valence-electron chi connectivity index (χ2n) is 3.68. The first kappa shape index (κ1) is 11.2. The lowest BCUT2D eigenvalue weighted by Crippen LogP contribution is -2.28. The predicted molar refractivity (Wildman–Crippen MR) is 65.7 cm³/mol. The van der Waals surface area contributed by atoms with Crippen LogP contribution in [0.4, 0.5) is 0 Å². The van der Waals surface area contributed by atoms with Gasteiger partial charge in [0.1, 0.15) is 12.4 Å². The summed E-state index contributed by atoms with van der Waals surface area (Å²) >= 11 is 9.41. The van der Waals surface area contributed by atoms with Gasteiger partial charge in [-0.3, -0.25) is 0 Å². The Balaban J connectivity index is 1.94. The average Bonchev–Trinajstić information content (AvgIpc) is 2.72. The molecule has 15 heavy (non-hydrogen) atoms. The third-order valence-electron chi connectivity index (χ3n) is 2.50. The number of ether oxygens (including phenoxy) is 1. The first-order valence-electron chi connectivity index (χ1n) is 5.07. The molecule has 1 heterocycles. The van der Waals surface area contributed by atoms with E-state index >= 15 is 0 Å². The Hall–Kier alpha value is -0.250. The largest absolute Gasteiger partial charge is 0.490 e. The van der Waals surface area contributed by atoms with E-state index in [9.17, 15) is 0 Å². The van der Waals surface area contributed by atoms with Crippen LogP contribution in [-0.2, 0) is 0 Å². The van der Waals surface area contributed by atoms with Crippen LogP contribution in [-0.4, -0.2) is 19.2 Å². The van der Waals surface area contributed by atoms with Crippen molar-refractivity contribution >= 4 is 27.5 Å². The molecule has 1 N–H and O–H groups in total. The van der Waals surface area contributed by atoms with Crippen molar-refractivity contribution in [1.82, 2.24) is 5.32 Å². The summed E-state index contributed by atoms with van der Waals surface area (Å²) in [6.07, 6.45) is 2.42. The number of halogens is 2. The number of hydrogen-bond acceptors (Lipinski definition) is 2. The van der Waals surface area contributed by atoms with Crippen LogP contribution in [0.5, 0.6) is 5.75 Å². The normalized spacial score (nSPS) is 20.5. The van der Waals surface area contributed by atoms with Gasteiger partial charge in [-0.2, -0.15) is 0 Å². The Morgan fingerprint density at radius 3 is 3.13 bits per heavy atom. The number of nitrogens with one attached hydrogen (secondary N) is 1. The van der Waals surface area contributed by atoms with Gasteiger partial charge in [-0.1, -0.05) is 27.5 Å². The molecule has 1 aliphatic rings. The number of benzene rings is 1. The Bertz CT molecular complexity index is 339. The molecule has 2 rings (SSSR count). The van der Waals surface area contributed by atoms with Crippen LogP contribution < -0.4 is 10.1 Å². The van der Waals surface area contributed by atoms with E-state index in [0.29, 0.717) is 17.7 Å². The molecule has 82 valence electrons. The molecule has 0 aromatic heterocycles. The molecule has 4 heteroatoms. The zero-order valence-electron chi connectivity index (χ0n) is 8.30. The van der Waals surface area contributed by atoms with Gasteiger partial charge >= 0.3 is 0 Å². The summed E-state index contributed by atoms with van der Waals surface area (Å²) in [5, 5.41) is 4.04. The molecule has 1 aromatic carbocycles. The molecule has 1 saturated heterocycles. The van der Waals surface area contributed by atoms with Crippen molar-refractivity contribution in [2.24, 2.45) is 0 Å². The fraction of sp³-hybridized carbons (Fsp3) is 0.455. The summed E-state index contributed by atoms with van der Waals surface area (Å²) in [5.74, 6) is 0.750. The van der Waals surface area contributed by atoms with Gasteiger partial charge in [-0.25, -0.2) is 0 Å². The predicted octanol–water partition coefficient (Wildman–Crippen LogP) is 3.23. The highest BCUT2D eigenvalue weighted by Gasteiger charge is 2.15. The van der Waals surface area contributed by atoms with Crippen LogP contribution >= 0.6 is 27.5 Å². The smallest absolute Gasteiger partial charge is 0.139 e. The molecular formula is C11H13BrClNO. The van der Waals surface area contributed by atoms with Crippen LogP contribution in [0.1, 0.15) is 12.8 Å². The van der Waals surface area contributed by atoms with E-state index in [1.807, 2.05) is 18.2 Å². The van der Waals surface area contributed by atoms with Gasteiger partial charge in [0, 0.05) is 10.5 Å². The minimum Gasteiger partial charge on any atom is -0.490 e. The van der Waals surface area contributed by atoms with E-state index in [-0.39, 0.29) is 0 Å². The average molecular weight is 291 g/mol. The molecule has 1 aliphatic heterocycles. The second kappa shape index (κ2) is 5.19. The van der Waals surface area contributed by atoms with E-state index in [2.05, 4.69) is 21.2 Å². The highest BCUT2D eigenvalue weighted by atomic mass is 79.9. The molecule has 1 atom stereocenters. The third kappa shape index (κ3) is 3.10. The van der Waals surface area contributed by atoms with Gasteiger partial charge in [0.15, 0.2) is 0 Å². The summed E-state index contributed by atoms with van der Waals surface area (Å²) in [5.41, 5.74) is 0. The van der Waals surface area contributed by atoms with Crippen LogP contribution in [0, 0.1) is 0 Å². The molecule has 1 aromatic rings. The Morgan fingerprint density at radius 2 is 2.40 bits per heavy atom. The van der Waals surface area contributed by atoms with E-state index in [4.69, 9.17) is 16.3 Å². The van der Waals surface area contributed by atoms with Crippen LogP contribution in [0.3, 0.4) is 0 Å². The van der Waals surface area contributed by atoms with E-state index in [0.717, 1.165) is 16.8 Å². The standard InChI is InChI=1S/C11H13BrClNO/c12-8-3-4-10(13)11(6-8)15-7-9-2-1-5-14-9/h3-4,6,9,14H,1-2,5,7H2. The minimum absolute atomic E-state index is 0.472.